The van der Waals surface area contributed by atoms with Gasteiger partial charge in [-0.3, -0.25) is 0 Å². The predicted octanol–water partition coefficient (Wildman–Crippen LogP) is 3.15. The van der Waals surface area contributed by atoms with Crippen LogP contribution in [0.15, 0.2) is 24.3 Å². The molecule has 0 aliphatic rings. The molecule has 1 heterocycles. The maximum absolute atomic E-state index is 12.3. The Morgan fingerprint density at radius 1 is 1.22 bits per heavy atom. The maximum atomic E-state index is 12.3. The summed E-state index contributed by atoms with van der Waals surface area (Å²) in [5, 5.41) is 2.76. The molecule has 0 unspecified atom stereocenters. The monoisotopic (exact) mass is 275 g/mol. The molecule has 0 spiro atoms. The van der Waals surface area contributed by atoms with Crippen LogP contribution in [0.5, 0.6) is 5.75 Å². The first-order valence-electron chi connectivity index (χ1n) is 4.86. The van der Waals surface area contributed by atoms with E-state index in [0.717, 1.165) is 11.7 Å². The minimum absolute atomic E-state index is 0.243. The van der Waals surface area contributed by atoms with Crippen LogP contribution in [0.3, 0.4) is 0 Å². The highest BCUT2D eigenvalue weighted by Crippen LogP contribution is 2.35. The van der Waals surface area contributed by atoms with Gasteiger partial charge in [0, 0.05) is 12.6 Å². The van der Waals surface area contributed by atoms with Crippen molar-refractivity contribution < 1.29 is 17.9 Å². The molecule has 18 heavy (non-hydrogen) atoms. The Hall–Kier alpha value is -1.83. The van der Waals surface area contributed by atoms with E-state index < -0.39 is 6.36 Å². The summed E-state index contributed by atoms with van der Waals surface area (Å²) >= 11 is 0.913. The van der Waals surface area contributed by atoms with Crippen LogP contribution in [0.4, 0.5) is 19.0 Å². The SMILES string of the molecule is CNc1nsnc1-c1ccccc1OC(F)(F)F. The highest BCUT2D eigenvalue weighted by Gasteiger charge is 2.32. The molecular formula is C10H8F3N3OS. The molecule has 0 saturated carbocycles. The molecular weight excluding hydrogens is 267 g/mol. The van der Waals surface area contributed by atoms with Gasteiger partial charge in [0.1, 0.15) is 11.4 Å². The Morgan fingerprint density at radius 2 is 1.94 bits per heavy atom. The number of benzene rings is 1. The van der Waals surface area contributed by atoms with E-state index in [1.54, 1.807) is 13.1 Å². The molecule has 8 heteroatoms. The van der Waals surface area contributed by atoms with Crippen LogP contribution in [0.1, 0.15) is 0 Å². The number of nitrogens with one attached hydrogen (secondary N) is 1. The smallest absolute Gasteiger partial charge is 0.405 e. The molecule has 0 atom stereocenters. The van der Waals surface area contributed by atoms with E-state index in [4.69, 9.17) is 0 Å². The number of anilines is 1. The van der Waals surface area contributed by atoms with Crippen molar-refractivity contribution in [3.05, 3.63) is 24.3 Å². The second-order valence-electron chi connectivity index (χ2n) is 3.26. The summed E-state index contributed by atoms with van der Waals surface area (Å²) in [5.74, 6) is 0.118. The van der Waals surface area contributed by atoms with Gasteiger partial charge in [0.2, 0.25) is 0 Å². The second-order valence-corrected chi connectivity index (χ2v) is 3.78. The molecule has 2 aromatic rings. The zero-order valence-corrected chi connectivity index (χ0v) is 9.97. The molecule has 0 amide bonds. The molecule has 0 aliphatic heterocycles. The number of ether oxygens (including phenoxy) is 1. The molecule has 1 aromatic heterocycles. The molecule has 0 fully saturated rings. The number of aromatic nitrogens is 2. The fraction of sp³-hybridized carbons (Fsp3) is 0.200. The van der Waals surface area contributed by atoms with Crippen LogP contribution in [-0.2, 0) is 0 Å². The van der Waals surface area contributed by atoms with Gasteiger partial charge < -0.3 is 10.1 Å². The second kappa shape index (κ2) is 4.81. The van der Waals surface area contributed by atoms with Crippen molar-refractivity contribution in [3.8, 4) is 17.0 Å². The summed E-state index contributed by atoms with van der Waals surface area (Å²) in [7, 11) is 1.62. The molecule has 0 saturated heterocycles. The van der Waals surface area contributed by atoms with Gasteiger partial charge in [0.05, 0.1) is 11.7 Å². The molecule has 1 aromatic carbocycles. The van der Waals surface area contributed by atoms with Gasteiger partial charge in [0.15, 0.2) is 5.82 Å². The van der Waals surface area contributed by atoms with Crippen molar-refractivity contribution in [2.75, 3.05) is 12.4 Å². The van der Waals surface area contributed by atoms with Gasteiger partial charge in [-0.25, -0.2) is 0 Å². The molecule has 96 valence electrons. The number of para-hydroxylation sites is 1. The summed E-state index contributed by atoms with van der Waals surface area (Å²) in [6, 6.07) is 5.81. The van der Waals surface area contributed by atoms with Crippen LogP contribution in [-0.4, -0.2) is 22.2 Å². The summed E-state index contributed by atoms with van der Waals surface area (Å²) in [6.45, 7) is 0. The van der Waals surface area contributed by atoms with Crippen LogP contribution in [0.2, 0.25) is 0 Å². The van der Waals surface area contributed by atoms with E-state index in [1.807, 2.05) is 0 Å². The molecule has 0 radical (unpaired) electrons. The lowest BCUT2D eigenvalue weighted by Gasteiger charge is -2.12. The molecule has 0 aliphatic carbocycles. The third-order valence-electron chi connectivity index (χ3n) is 2.09. The average molecular weight is 275 g/mol. The van der Waals surface area contributed by atoms with Crippen molar-refractivity contribution in [1.29, 1.82) is 0 Å². The Morgan fingerprint density at radius 3 is 2.61 bits per heavy atom. The number of nitrogens with zero attached hydrogens (tertiary/aromatic N) is 2. The summed E-state index contributed by atoms with van der Waals surface area (Å²) in [4.78, 5) is 0. The fourth-order valence-electron chi connectivity index (χ4n) is 1.41. The summed E-state index contributed by atoms with van der Waals surface area (Å²) in [5.41, 5.74) is 0.579. The van der Waals surface area contributed by atoms with E-state index >= 15 is 0 Å². The standard InChI is InChI=1S/C10H8F3N3OS/c1-14-9-8(15-18-16-9)6-4-2-3-5-7(6)17-10(11,12)13/h2-5H,1H3,(H,14,16). The molecule has 0 bridgehead atoms. The Bertz CT molecular complexity index is 541. The third-order valence-corrected chi connectivity index (χ3v) is 2.62. The van der Waals surface area contributed by atoms with E-state index in [9.17, 15) is 13.2 Å². The van der Waals surface area contributed by atoms with Crippen LogP contribution in [0, 0.1) is 0 Å². The predicted molar refractivity (Wildman–Crippen MR) is 61.6 cm³/mol. The number of halogens is 3. The Balaban J connectivity index is 2.45. The highest BCUT2D eigenvalue weighted by molar-refractivity contribution is 6.99. The number of rotatable bonds is 3. The van der Waals surface area contributed by atoms with Gasteiger partial charge in [-0.15, -0.1) is 13.2 Å². The number of alkyl halides is 3. The van der Waals surface area contributed by atoms with Gasteiger partial charge >= 0.3 is 6.36 Å². The molecule has 4 nitrogen and oxygen atoms in total. The van der Waals surface area contributed by atoms with Crippen LogP contribution < -0.4 is 10.1 Å². The number of hydrogen-bond acceptors (Lipinski definition) is 5. The average Bonchev–Trinajstić information content (AvgIpc) is 2.75. The highest BCUT2D eigenvalue weighted by atomic mass is 32.1. The van der Waals surface area contributed by atoms with Crippen LogP contribution >= 0.6 is 11.7 Å². The van der Waals surface area contributed by atoms with Crippen molar-refractivity contribution >= 4 is 17.5 Å². The zero-order valence-electron chi connectivity index (χ0n) is 9.15. The van der Waals surface area contributed by atoms with Gasteiger partial charge in [-0.2, -0.15) is 8.75 Å². The quantitative estimate of drug-likeness (QED) is 0.934. The minimum Gasteiger partial charge on any atom is -0.405 e. The lowest BCUT2D eigenvalue weighted by atomic mass is 10.1. The normalized spacial score (nSPS) is 11.3. The van der Waals surface area contributed by atoms with Gasteiger partial charge in [-0.05, 0) is 12.1 Å². The van der Waals surface area contributed by atoms with Crippen molar-refractivity contribution in [2.45, 2.75) is 6.36 Å². The van der Waals surface area contributed by atoms with Crippen molar-refractivity contribution in [1.82, 2.24) is 8.75 Å². The van der Waals surface area contributed by atoms with E-state index in [0.29, 0.717) is 11.5 Å². The largest absolute Gasteiger partial charge is 0.573 e. The maximum Gasteiger partial charge on any atom is 0.573 e. The van der Waals surface area contributed by atoms with Gasteiger partial charge in [-0.1, -0.05) is 12.1 Å². The fourth-order valence-corrected chi connectivity index (χ4v) is 1.97. The van der Waals surface area contributed by atoms with Crippen LogP contribution in [0.25, 0.3) is 11.3 Å². The van der Waals surface area contributed by atoms with E-state index in [1.165, 1.54) is 18.2 Å². The first kappa shape index (κ1) is 12.6. The van der Waals surface area contributed by atoms with Gasteiger partial charge in [0.25, 0.3) is 0 Å². The number of hydrogen-bond donors (Lipinski definition) is 1. The zero-order chi connectivity index (χ0) is 13.2. The third kappa shape index (κ3) is 2.70. The van der Waals surface area contributed by atoms with Crippen molar-refractivity contribution in [3.63, 3.8) is 0 Å². The van der Waals surface area contributed by atoms with Crippen molar-refractivity contribution in [2.24, 2.45) is 0 Å². The lowest BCUT2D eigenvalue weighted by molar-refractivity contribution is -0.274. The first-order valence-corrected chi connectivity index (χ1v) is 5.60. The Labute approximate surface area is 105 Å². The Kier molecular flexibility index (Phi) is 3.37. The molecule has 1 N–H and O–H groups in total. The summed E-state index contributed by atoms with van der Waals surface area (Å²) in [6.07, 6.45) is -4.74. The lowest BCUT2D eigenvalue weighted by Crippen LogP contribution is -2.17. The van der Waals surface area contributed by atoms with E-state index in [2.05, 4.69) is 18.8 Å². The minimum atomic E-state index is -4.74. The van der Waals surface area contributed by atoms with E-state index in [-0.39, 0.29) is 11.3 Å². The molecule has 2 rings (SSSR count). The topological polar surface area (TPSA) is 47.0 Å². The first-order chi connectivity index (χ1) is 8.51. The summed E-state index contributed by atoms with van der Waals surface area (Å²) < 4.78 is 48.7.